The largest absolute Gasteiger partial charge is 0.574 e. The Morgan fingerprint density at radius 1 is 1.44 bits per heavy atom. The van der Waals surface area contributed by atoms with Crippen LogP contribution in [0.1, 0.15) is 5.56 Å². The van der Waals surface area contributed by atoms with Gasteiger partial charge < -0.3 is 4.74 Å². The third kappa shape index (κ3) is 3.44. The molecule has 18 heavy (non-hydrogen) atoms. The van der Waals surface area contributed by atoms with E-state index in [2.05, 4.69) is 9.72 Å². The first-order valence-corrected chi connectivity index (χ1v) is 6.16. The Morgan fingerprint density at radius 2 is 2.00 bits per heavy atom. The van der Waals surface area contributed by atoms with E-state index in [4.69, 9.17) is 15.9 Å². The number of aromatic nitrogens is 1. The lowest BCUT2D eigenvalue weighted by Gasteiger charge is -2.09. The standard InChI is InChI=1S/C7HClF4N2O3S/c8-18(15,16)6-5(9)3(2-13)1-4(14-6)17-7(10,11)12/h1H. The van der Waals surface area contributed by atoms with Crippen molar-refractivity contribution in [1.82, 2.24) is 4.98 Å². The molecule has 0 aliphatic heterocycles. The van der Waals surface area contributed by atoms with E-state index in [1.807, 2.05) is 0 Å². The molecule has 0 saturated heterocycles. The molecule has 0 unspecified atom stereocenters. The molecule has 0 fully saturated rings. The number of hydrogen-bond donors (Lipinski definition) is 0. The lowest BCUT2D eigenvalue weighted by molar-refractivity contribution is -0.276. The van der Waals surface area contributed by atoms with Crippen LogP contribution in [-0.4, -0.2) is 19.8 Å². The average molecular weight is 305 g/mol. The summed E-state index contributed by atoms with van der Waals surface area (Å²) in [4.78, 5) is 2.75. The first kappa shape index (κ1) is 14.5. The van der Waals surface area contributed by atoms with Crippen molar-refractivity contribution in [2.45, 2.75) is 11.4 Å². The highest BCUT2D eigenvalue weighted by atomic mass is 35.7. The monoisotopic (exact) mass is 304 g/mol. The second kappa shape index (κ2) is 4.58. The van der Waals surface area contributed by atoms with Crippen LogP contribution in [0.5, 0.6) is 5.88 Å². The normalized spacial score (nSPS) is 12.0. The zero-order valence-corrected chi connectivity index (χ0v) is 9.57. The number of nitriles is 1. The molecular formula is C7HClF4N2O3S. The van der Waals surface area contributed by atoms with Crippen LogP contribution in [0.15, 0.2) is 11.1 Å². The first-order chi connectivity index (χ1) is 8.04. The van der Waals surface area contributed by atoms with Gasteiger partial charge in [0.05, 0.1) is 5.56 Å². The summed E-state index contributed by atoms with van der Waals surface area (Å²) in [6.07, 6.45) is -5.18. The summed E-state index contributed by atoms with van der Waals surface area (Å²) >= 11 is 0. The van der Waals surface area contributed by atoms with E-state index in [1.165, 1.54) is 0 Å². The summed E-state index contributed by atoms with van der Waals surface area (Å²) in [5.74, 6) is -2.96. The second-order valence-electron chi connectivity index (χ2n) is 2.72. The van der Waals surface area contributed by atoms with Crippen molar-refractivity contribution in [3.05, 3.63) is 17.4 Å². The highest BCUT2D eigenvalue weighted by molar-refractivity contribution is 8.13. The highest BCUT2D eigenvalue weighted by Crippen LogP contribution is 2.27. The van der Waals surface area contributed by atoms with Crippen LogP contribution in [-0.2, 0) is 9.05 Å². The van der Waals surface area contributed by atoms with Crippen molar-refractivity contribution in [3.63, 3.8) is 0 Å². The van der Waals surface area contributed by atoms with E-state index in [-0.39, 0.29) is 0 Å². The van der Waals surface area contributed by atoms with Crippen LogP contribution in [0.2, 0.25) is 0 Å². The Kier molecular flexibility index (Phi) is 3.68. The Morgan fingerprint density at radius 3 is 2.39 bits per heavy atom. The first-order valence-electron chi connectivity index (χ1n) is 3.85. The number of halogens is 5. The number of nitrogens with zero attached hydrogens (tertiary/aromatic N) is 2. The highest BCUT2D eigenvalue weighted by Gasteiger charge is 2.33. The molecule has 11 heteroatoms. The van der Waals surface area contributed by atoms with E-state index in [0.717, 1.165) is 6.07 Å². The second-order valence-corrected chi connectivity index (χ2v) is 5.21. The molecule has 0 saturated carbocycles. The molecule has 5 nitrogen and oxygen atoms in total. The zero-order valence-electron chi connectivity index (χ0n) is 7.99. The molecule has 1 aromatic heterocycles. The van der Waals surface area contributed by atoms with Gasteiger partial charge in [0.2, 0.25) is 10.9 Å². The van der Waals surface area contributed by atoms with E-state index >= 15 is 0 Å². The molecule has 0 radical (unpaired) electrons. The van der Waals surface area contributed by atoms with Crippen molar-refractivity contribution >= 4 is 19.7 Å². The molecule has 0 aliphatic rings. The summed E-state index contributed by atoms with van der Waals surface area (Å²) in [6.45, 7) is 0. The van der Waals surface area contributed by atoms with Crippen molar-refractivity contribution in [2.75, 3.05) is 0 Å². The van der Waals surface area contributed by atoms with Crippen LogP contribution in [0.3, 0.4) is 0 Å². The molecule has 0 aromatic carbocycles. The summed E-state index contributed by atoms with van der Waals surface area (Å²) in [7, 11) is 0.00297. The van der Waals surface area contributed by atoms with Gasteiger partial charge in [-0.25, -0.2) is 12.8 Å². The number of rotatable bonds is 2. The molecular weight excluding hydrogens is 304 g/mol. The molecule has 1 aromatic rings. The molecule has 1 heterocycles. The molecule has 0 atom stereocenters. The van der Waals surface area contributed by atoms with Gasteiger partial charge in [-0.2, -0.15) is 10.2 Å². The Balaban J connectivity index is 3.47. The fraction of sp³-hybridized carbons (Fsp3) is 0.143. The SMILES string of the molecule is N#Cc1cc(OC(F)(F)F)nc(S(=O)(=O)Cl)c1F. The maximum Gasteiger partial charge on any atom is 0.574 e. The topological polar surface area (TPSA) is 80.0 Å². The smallest absolute Gasteiger partial charge is 0.388 e. The van der Waals surface area contributed by atoms with Crippen molar-refractivity contribution in [1.29, 1.82) is 5.26 Å². The van der Waals surface area contributed by atoms with Gasteiger partial charge in [-0.15, -0.1) is 13.2 Å². The van der Waals surface area contributed by atoms with Crippen LogP contribution in [0.25, 0.3) is 0 Å². The van der Waals surface area contributed by atoms with Gasteiger partial charge in [-0.05, 0) is 0 Å². The maximum atomic E-state index is 13.3. The minimum Gasteiger partial charge on any atom is -0.388 e. The number of hydrogen-bond acceptors (Lipinski definition) is 5. The third-order valence-corrected chi connectivity index (χ3v) is 2.65. The summed E-state index contributed by atoms with van der Waals surface area (Å²) < 4.78 is 73.9. The van der Waals surface area contributed by atoms with Crippen molar-refractivity contribution in [3.8, 4) is 11.9 Å². The summed E-state index contributed by atoms with van der Waals surface area (Å²) in [5, 5.41) is 6.93. The Labute approximate surface area is 102 Å². The minimum absolute atomic E-state index is 0.300. The summed E-state index contributed by atoms with van der Waals surface area (Å²) in [6, 6.07) is 1.45. The van der Waals surface area contributed by atoms with Crippen LogP contribution in [0.4, 0.5) is 17.6 Å². The van der Waals surface area contributed by atoms with Crippen LogP contribution in [0, 0.1) is 17.1 Å². The lowest BCUT2D eigenvalue weighted by Crippen LogP contribution is -2.19. The maximum absolute atomic E-state index is 13.3. The molecule has 0 aliphatic carbocycles. The van der Waals surface area contributed by atoms with E-state index in [1.54, 1.807) is 0 Å². The molecule has 0 N–H and O–H groups in total. The fourth-order valence-corrected chi connectivity index (χ4v) is 1.73. The average Bonchev–Trinajstić information content (AvgIpc) is 2.16. The lowest BCUT2D eigenvalue weighted by atomic mass is 10.3. The Bertz CT molecular complexity index is 623. The minimum atomic E-state index is -5.18. The fourth-order valence-electron chi connectivity index (χ4n) is 0.897. The number of alkyl halides is 3. The predicted molar refractivity (Wildman–Crippen MR) is 48.6 cm³/mol. The van der Waals surface area contributed by atoms with E-state index < -0.39 is 37.7 Å². The third-order valence-electron chi connectivity index (χ3n) is 1.48. The molecule has 0 bridgehead atoms. The van der Waals surface area contributed by atoms with Gasteiger partial charge in [0.1, 0.15) is 6.07 Å². The predicted octanol–water partition coefficient (Wildman–Crippen LogP) is 1.92. The number of ether oxygens (including phenoxy) is 1. The van der Waals surface area contributed by atoms with Gasteiger partial charge in [-0.3, -0.25) is 0 Å². The van der Waals surface area contributed by atoms with Gasteiger partial charge in [0.15, 0.2) is 5.82 Å². The zero-order chi connectivity index (χ0) is 14.1. The summed E-state index contributed by atoms with van der Waals surface area (Å²) in [5.41, 5.74) is -0.997. The van der Waals surface area contributed by atoms with Gasteiger partial charge >= 0.3 is 6.36 Å². The quantitative estimate of drug-likeness (QED) is 0.616. The van der Waals surface area contributed by atoms with Gasteiger partial charge in [0.25, 0.3) is 9.05 Å². The van der Waals surface area contributed by atoms with Gasteiger partial charge in [0, 0.05) is 16.7 Å². The van der Waals surface area contributed by atoms with Crippen molar-refractivity contribution in [2.24, 2.45) is 0 Å². The van der Waals surface area contributed by atoms with Crippen molar-refractivity contribution < 1.29 is 30.7 Å². The van der Waals surface area contributed by atoms with Crippen LogP contribution < -0.4 is 4.74 Å². The van der Waals surface area contributed by atoms with E-state index in [0.29, 0.717) is 6.07 Å². The van der Waals surface area contributed by atoms with E-state index in [9.17, 15) is 26.0 Å². The van der Waals surface area contributed by atoms with Crippen LogP contribution >= 0.6 is 10.7 Å². The molecule has 1 rings (SSSR count). The van der Waals surface area contributed by atoms with Gasteiger partial charge in [-0.1, -0.05) is 0 Å². The Hall–Kier alpha value is -1.60. The molecule has 0 amide bonds. The molecule has 98 valence electrons. The number of pyridine rings is 1. The molecule has 0 spiro atoms.